The van der Waals surface area contributed by atoms with Crippen LogP contribution in [0.4, 0.5) is 5.69 Å². The van der Waals surface area contributed by atoms with Crippen molar-refractivity contribution in [2.45, 2.75) is 30.8 Å². The summed E-state index contributed by atoms with van der Waals surface area (Å²) < 4.78 is 27.7. The summed E-state index contributed by atoms with van der Waals surface area (Å²) in [6.45, 7) is 4.96. The summed E-state index contributed by atoms with van der Waals surface area (Å²) >= 11 is 0. The number of hydrogen-bond donors (Lipinski definition) is 0. The van der Waals surface area contributed by atoms with Crippen LogP contribution in [0.1, 0.15) is 13.8 Å². The summed E-state index contributed by atoms with van der Waals surface area (Å²) in [5, 5.41) is 21.1. The Morgan fingerprint density at radius 3 is 2.67 bits per heavy atom. The third-order valence-electron chi connectivity index (χ3n) is 4.44. The van der Waals surface area contributed by atoms with Gasteiger partial charge in [-0.25, -0.2) is 8.42 Å². The number of fused-ring (bicyclic) bond motifs is 1. The Labute approximate surface area is 140 Å². The van der Waals surface area contributed by atoms with Crippen molar-refractivity contribution >= 4 is 15.7 Å². The van der Waals surface area contributed by atoms with E-state index < -0.39 is 20.6 Å². The van der Waals surface area contributed by atoms with Gasteiger partial charge in [0.05, 0.1) is 24.1 Å². The molecular formula is C14H19N5O4S. The Morgan fingerprint density at radius 2 is 2.00 bits per heavy atom. The molecule has 9 nitrogen and oxygen atoms in total. The summed E-state index contributed by atoms with van der Waals surface area (Å²) in [6.07, 6.45) is 0. The fraction of sp³-hybridized carbons (Fsp3) is 0.571. The lowest BCUT2D eigenvalue weighted by Crippen LogP contribution is -2.59. The highest BCUT2D eigenvalue weighted by atomic mass is 32.2. The van der Waals surface area contributed by atoms with Gasteiger partial charge >= 0.3 is 0 Å². The molecule has 2 heterocycles. The zero-order chi connectivity index (χ0) is 17.5. The van der Waals surface area contributed by atoms with Gasteiger partial charge in [-0.3, -0.25) is 15.1 Å². The van der Waals surface area contributed by atoms with Crippen molar-refractivity contribution in [3.63, 3.8) is 0 Å². The SMILES string of the molecule is CC(C)[C@H]1CN2N=NC[C@H]2CN1S(=O)(=O)c1ccccc1[N+](=O)[O-]. The summed E-state index contributed by atoms with van der Waals surface area (Å²) in [4.78, 5) is 10.3. The molecule has 0 N–H and O–H groups in total. The van der Waals surface area contributed by atoms with E-state index in [9.17, 15) is 18.5 Å². The molecule has 1 aromatic carbocycles. The van der Waals surface area contributed by atoms with Crippen molar-refractivity contribution in [3.05, 3.63) is 34.4 Å². The van der Waals surface area contributed by atoms with Gasteiger partial charge in [-0.2, -0.15) is 9.42 Å². The lowest BCUT2D eigenvalue weighted by Gasteiger charge is -2.42. The molecule has 3 rings (SSSR count). The van der Waals surface area contributed by atoms with Gasteiger partial charge in [0.1, 0.15) is 0 Å². The topological polar surface area (TPSA) is 108 Å². The van der Waals surface area contributed by atoms with Crippen LogP contribution in [0, 0.1) is 16.0 Å². The number of para-hydroxylation sites is 1. The first-order valence-corrected chi connectivity index (χ1v) is 9.15. The quantitative estimate of drug-likeness (QED) is 0.604. The zero-order valence-corrected chi connectivity index (χ0v) is 14.3. The molecule has 0 radical (unpaired) electrons. The number of nitrogens with zero attached hydrogens (tertiary/aromatic N) is 5. The van der Waals surface area contributed by atoms with E-state index in [1.165, 1.54) is 28.6 Å². The predicted octanol–water partition coefficient (Wildman–Crippen LogP) is 1.68. The maximum absolute atomic E-state index is 13.2. The van der Waals surface area contributed by atoms with Crippen molar-refractivity contribution in [2.24, 2.45) is 16.3 Å². The summed E-state index contributed by atoms with van der Waals surface area (Å²) in [7, 11) is -3.99. The van der Waals surface area contributed by atoms with Crippen molar-refractivity contribution in [2.75, 3.05) is 19.6 Å². The molecule has 2 aliphatic rings. The number of nitro groups is 1. The Morgan fingerprint density at radius 1 is 1.29 bits per heavy atom. The van der Waals surface area contributed by atoms with Crippen molar-refractivity contribution in [1.82, 2.24) is 9.31 Å². The molecule has 24 heavy (non-hydrogen) atoms. The predicted molar refractivity (Wildman–Crippen MR) is 85.8 cm³/mol. The molecule has 10 heteroatoms. The molecule has 0 saturated carbocycles. The Kier molecular flexibility index (Phi) is 4.26. The summed E-state index contributed by atoms with van der Waals surface area (Å²) in [6, 6.07) is 5.04. The number of rotatable bonds is 4. The molecule has 0 amide bonds. The van der Waals surface area contributed by atoms with Crippen LogP contribution in [0.25, 0.3) is 0 Å². The smallest absolute Gasteiger partial charge is 0.271 e. The average Bonchev–Trinajstić information content (AvgIpc) is 3.01. The van der Waals surface area contributed by atoms with Gasteiger partial charge in [-0.05, 0) is 12.0 Å². The molecule has 2 atom stereocenters. The third-order valence-corrected chi connectivity index (χ3v) is 6.38. The molecule has 1 aromatic rings. The minimum Gasteiger partial charge on any atom is -0.271 e. The number of piperazine rings is 1. The largest absolute Gasteiger partial charge is 0.289 e. The first-order valence-electron chi connectivity index (χ1n) is 7.71. The van der Waals surface area contributed by atoms with E-state index >= 15 is 0 Å². The second-order valence-corrected chi connectivity index (χ2v) is 8.16. The van der Waals surface area contributed by atoms with E-state index in [1.54, 1.807) is 0 Å². The normalized spacial score (nSPS) is 24.4. The highest BCUT2D eigenvalue weighted by Crippen LogP contribution is 2.33. The monoisotopic (exact) mass is 353 g/mol. The van der Waals surface area contributed by atoms with E-state index in [0.29, 0.717) is 13.1 Å². The van der Waals surface area contributed by atoms with Gasteiger partial charge in [0, 0.05) is 18.7 Å². The van der Waals surface area contributed by atoms with Crippen molar-refractivity contribution < 1.29 is 13.3 Å². The Hall–Kier alpha value is -2.07. The molecule has 0 aliphatic carbocycles. The van der Waals surface area contributed by atoms with Crippen LogP contribution >= 0.6 is 0 Å². The molecule has 0 unspecified atom stereocenters. The molecule has 1 saturated heterocycles. The van der Waals surface area contributed by atoms with E-state index in [1.807, 2.05) is 18.9 Å². The highest BCUT2D eigenvalue weighted by Gasteiger charge is 2.44. The first-order chi connectivity index (χ1) is 11.3. The van der Waals surface area contributed by atoms with Gasteiger partial charge < -0.3 is 0 Å². The second-order valence-electron chi connectivity index (χ2n) is 6.30. The van der Waals surface area contributed by atoms with Crippen LogP contribution in [-0.4, -0.2) is 54.4 Å². The second kappa shape index (κ2) is 6.10. The van der Waals surface area contributed by atoms with Crippen LogP contribution < -0.4 is 0 Å². The van der Waals surface area contributed by atoms with Crippen LogP contribution in [0.5, 0.6) is 0 Å². The Bertz CT molecular complexity index is 779. The number of benzene rings is 1. The molecule has 130 valence electrons. The van der Waals surface area contributed by atoms with Gasteiger partial charge in [-0.15, -0.1) is 0 Å². The van der Waals surface area contributed by atoms with Crippen LogP contribution in [0.3, 0.4) is 0 Å². The third kappa shape index (κ3) is 2.75. The molecular weight excluding hydrogens is 334 g/mol. The highest BCUT2D eigenvalue weighted by molar-refractivity contribution is 7.89. The summed E-state index contributed by atoms with van der Waals surface area (Å²) in [5.74, 6) is 0.0410. The van der Waals surface area contributed by atoms with E-state index in [-0.39, 0.29) is 29.4 Å². The van der Waals surface area contributed by atoms with Crippen molar-refractivity contribution in [3.8, 4) is 0 Å². The van der Waals surface area contributed by atoms with Gasteiger partial charge in [0.25, 0.3) is 5.69 Å². The van der Waals surface area contributed by atoms with Gasteiger partial charge in [-0.1, -0.05) is 31.2 Å². The standard InChI is InChI=1S/C14H19N5O4S/c1-10(2)13-9-17-11(7-15-16-17)8-18(13)24(22,23)14-6-4-3-5-12(14)19(20)21/h3-6,10-11,13H,7-9H2,1-2H3/t11-,13+/m0/s1. The minimum atomic E-state index is -3.99. The van der Waals surface area contributed by atoms with Crippen LogP contribution in [0.15, 0.2) is 39.5 Å². The molecule has 2 aliphatic heterocycles. The van der Waals surface area contributed by atoms with Gasteiger partial charge in [0.2, 0.25) is 10.0 Å². The fourth-order valence-electron chi connectivity index (χ4n) is 3.11. The van der Waals surface area contributed by atoms with Gasteiger partial charge in [0.15, 0.2) is 4.90 Å². The molecule has 0 spiro atoms. The molecule has 1 fully saturated rings. The maximum atomic E-state index is 13.2. The number of hydrogen-bond acceptors (Lipinski definition) is 7. The molecule has 0 bridgehead atoms. The first kappa shape index (κ1) is 16.8. The maximum Gasteiger partial charge on any atom is 0.289 e. The van der Waals surface area contributed by atoms with E-state index in [0.717, 1.165) is 0 Å². The number of nitro benzene ring substituents is 1. The lowest BCUT2D eigenvalue weighted by atomic mass is 10.0. The lowest BCUT2D eigenvalue weighted by molar-refractivity contribution is -0.387. The summed E-state index contributed by atoms with van der Waals surface area (Å²) in [5.41, 5.74) is -0.400. The Balaban J connectivity index is 2.03. The van der Waals surface area contributed by atoms with E-state index in [2.05, 4.69) is 10.3 Å². The zero-order valence-electron chi connectivity index (χ0n) is 13.4. The average molecular weight is 353 g/mol. The van der Waals surface area contributed by atoms with Crippen molar-refractivity contribution in [1.29, 1.82) is 0 Å². The van der Waals surface area contributed by atoms with E-state index in [4.69, 9.17) is 0 Å². The minimum absolute atomic E-state index is 0.0410. The number of sulfonamides is 1. The van der Waals surface area contributed by atoms with Crippen LogP contribution in [-0.2, 0) is 10.0 Å². The van der Waals surface area contributed by atoms with Crippen LogP contribution in [0.2, 0.25) is 0 Å². The fourth-order valence-corrected chi connectivity index (χ4v) is 5.06. The molecule has 0 aromatic heterocycles.